The molecule has 19 heavy (non-hydrogen) atoms. The Kier molecular flexibility index (Phi) is 6.83. The molecule has 0 aliphatic heterocycles. The van der Waals surface area contributed by atoms with Crippen LogP contribution in [0.15, 0.2) is 22.7 Å². The van der Waals surface area contributed by atoms with Gasteiger partial charge in [0.1, 0.15) is 5.75 Å². The summed E-state index contributed by atoms with van der Waals surface area (Å²) >= 11 is 3.55. The summed E-state index contributed by atoms with van der Waals surface area (Å²) in [6.45, 7) is 10.6. The fourth-order valence-corrected chi connectivity index (χ4v) is 2.48. The predicted octanol–water partition coefficient (Wildman–Crippen LogP) is 2.93. The van der Waals surface area contributed by atoms with Gasteiger partial charge in [0.2, 0.25) is 0 Å². The highest BCUT2D eigenvalue weighted by Crippen LogP contribution is 2.31. The lowest BCUT2D eigenvalue weighted by atomic mass is 9.84. The third-order valence-electron chi connectivity index (χ3n) is 3.23. The molecule has 0 aliphatic carbocycles. The maximum Gasteiger partial charge on any atom is 0.133 e. The molecule has 108 valence electrons. The maximum absolute atomic E-state index is 5.27. The molecule has 0 amide bonds. The van der Waals surface area contributed by atoms with Crippen molar-refractivity contribution in [1.29, 1.82) is 0 Å². The first-order valence-corrected chi connectivity index (χ1v) is 7.56. The first-order chi connectivity index (χ1) is 9.01. The second-order valence-electron chi connectivity index (χ2n) is 5.26. The minimum absolute atomic E-state index is 0.0982. The Hall–Kier alpha value is -0.580. The summed E-state index contributed by atoms with van der Waals surface area (Å²) in [7, 11) is 1.69. The molecule has 1 rings (SSSR count). The summed E-state index contributed by atoms with van der Waals surface area (Å²) in [5.41, 5.74) is 1.40. The van der Waals surface area contributed by atoms with Crippen molar-refractivity contribution < 1.29 is 4.74 Å². The van der Waals surface area contributed by atoms with Crippen LogP contribution in [-0.2, 0) is 5.41 Å². The number of hydrogen-bond donors (Lipinski definition) is 2. The third-order valence-corrected chi connectivity index (χ3v) is 3.85. The van der Waals surface area contributed by atoms with Crippen LogP contribution in [0.2, 0.25) is 0 Å². The molecule has 0 unspecified atom stereocenters. The Labute approximate surface area is 125 Å². The van der Waals surface area contributed by atoms with Crippen molar-refractivity contribution in [2.75, 3.05) is 33.3 Å². The second-order valence-corrected chi connectivity index (χ2v) is 6.12. The van der Waals surface area contributed by atoms with E-state index in [1.807, 2.05) is 6.07 Å². The van der Waals surface area contributed by atoms with Gasteiger partial charge in [-0.3, -0.25) is 0 Å². The van der Waals surface area contributed by atoms with Crippen molar-refractivity contribution in [3.63, 3.8) is 0 Å². The molecule has 0 fully saturated rings. The number of nitrogens with one attached hydrogen (secondary N) is 2. The lowest BCUT2D eigenvalue weighted by molar-refractivity contribution is 0.410. The van der Waals surface area contributed by atoms with Gasteiger partial charge in [-0.1, -0.05) is 26.8 Å². The van der Waals surface area contributed by atoms with Gasteiger partial charge in [-0.15, -0.1) is 0 Å². The van der Waals surface area contributed by atoms with Crippen LogP contribution < -0.4 is 15.4 Å². The molecule has 1 aromatic carbocycles. The Balaban J connectivity index is 2.58. The van der Waals surface area contributed by atoms with Crippen LogP contribution in [-0.4, -0.2) is 33.3 Å². The average Bonchev–Trinajstić information content (AvgIpc) is 2.38. The van der Waals surface area contributed by atoms with E-state index in [4.69, 9.17) is 4.74 Å². The fourth-order valence-electron chi connectivity index (χ4n) is 1.94. The number of rotatable bonds is 8. The highest BCUT2D eigenvalue weighted by atomic mass is 79.9. The van der Waals surface area contributed by atoms with Crippen LogP contribution in [0.25, 0.3) is 0 Å². The van der Waals surface area contributed by atoms with Crippen LogP contribution in [0.4, 0.5) is 0 Å². The maximum atomic E-state index is 5.27. The van der Waals surface area contributed by atoms with E-state index in [2.05, 4.69) is 59.5 Å². The number of halogens is 1. The van der Waals surface area contributed by atoms with E-state index in [-0.39, 0.29) is 5.41 Å². The molecule has 0 atom stereocenters. The monoisotopic (exact) mass is 328 g/mol. The summed E-state index contributed by atoms with van der Waals surface area (Å²) < 4.78 is 6.27. The van der Waals surface area contributed by atoms with Gasteiger partial charge < -0.3 is 15.4 Å². The van der Waals surface area contributed by atoms with E-state index >= 15 is 0 Å². The zero-order valence-electron chi connectivity index (χ0n) is 12.3. The number of hydrogen-bond acceptors (Lipinski definition) is 3. The van der Waals surface area contributed by atoms with E-state index in [9.17, 15) is 0 Å². The molecular formula is C15H25BrN2O. The van der Waals surface area contributed by atoms with Crippen molar-refractivity contribution in [2.45, 2.75) is 26.2 Å². The number of methoxy groups -OCH3 is 1. The zero-order valence-corrected chi connectivity index (χ0v) is 13.9. The predicted molar refractivity (Wildman–Crippen MR) is 85.1 cm³/mol. The lowest BCUT2D eigenvalue weighted by Gasteiger charge is -2.26. The van der Waals surface area contributed by atoms with Crippen molar-refractivity contribution >= 4 is 15.9 Å². The van der Waals surface area contributed by atoms with Crippen molar-refractivity contribution in [3.8, 4) is 5.75 Å². The molecule has 3 nitrogen and oxygen atoms in total. The van der Waals surface area contributed by atoms with Gasteiger partial charge in [0, 0.05) is 25.0 Å². The first-order valence-electron chi connectivity index (χ1n) is 6.76. The molecule has 2 N–H and O–H groups in total. The third kappa shape index (κ3) is 5.13. The summed E-state index contributed by atoms with van der Waals surface area (Å²) in [5, 5.41) is 6.81. The zero-order chi connectivity index (χ0) is 14.3. The van der Waals surface area contributed by atoms with Gasteiger partial charge in [-0.05, 0) is 40.2 Å². The Morgan fingerprint density at radius 3 is 2.47 bits per heavy atom. The first kappa shape index (κ1) is 16.5. The topological polar surface area (TPSA) is 33.3 Å². The van der Waals surface area contributed by atoms with Gasteiger partial charge in [0.15, 0.2) is 0 Å². The molecule has 0 heterocycles. The largest absolute Gasteiger partial charge is 0.496 e. The number of likely N-dealkylation sites (N-methyl/N-ethyl adjacent to an activating group) is 1. The van der Waals surface area contributed by atoms with Crippen LogP contribution in [0, 0.1) is 0 Å². The van der Waals surface area contributed by atoms with Gasteiger partial charge in [-0.2, -0.15) is 0 Å². The molecule has 1 aromatic rings. The Morgan fingerprint density at radius 1 is 1.21 bits per heavy atom. The minimum atomic E-state index is 0.0982. The molecule has 0 radical (unpaired) electrons. The van der Waals surface area contributed by atoms with Crippen LogP contribution in [0.3, 0.4) is 0 Å². The Bertz CT molecular complexity index is 394. The second kappa shape index (κ2) is 7.88. The highest BCUT2D eigenvalue weighted by Gasteiger charge is 2.21. The van der Waals surface area contributed by atoms with Gasteiger partial charge >= 0.3 is 0 Å². The normalized spacial score (nSPS) is 11.6. The number of benzene rings is 1. The molecule has 0 bridgehead atoms. The van der Waals surface area contributed by atoms with E-state index in [1.165, 1.54) is 5.56 Å². The van der Waals surface area contributed by atoms with Crippen molar-refractivity contribution in [3.05, 3.63) is 28.2 Å². The highest BCUT2D eigenvalue weighted by molar-refractivity contribution is 9.10. The molecule has 0 saturated heterocycles. The molecule has 4 heteroatoms. The van der Waals surface area contributed by atoms with E-state index in [1.54, 1.807) is 7.11 Å². The SMILES string of the molecule is CCNCCNCC(C)(C)c1ccc(OC)c(Br)c1. The quantitative estimate of drug-likeness (QED) is 0.720. The molecule has 0 aliphatic rings. The molecule has 0 spiro atoms. The van der Waals surface area contributed by atoms with E-state index in [0.717, 1.165) is 36.4 Å². The molecule has 0 saturated carbocycles. The summed E-state index contributed by atoms with van der Waals surface area (Å²) in [6.07, 6.45) is 0. The summed E-state index contributed by atoms with van der Waals surface area (Å²) in [4.78, 5) is 0. The van der Waals surface area contributed by atoms with Gasteiger partial charge in [0.25, 0.3) is 0 Å². The number of ether oxygens (including phenoxy) is 1. The van der Waals surface area contributed by atoms with Crippen LogP contribution >= 0.6 is 15.9 Å². The summed E-state index contributed by atoms with van der Waals surface area (Å²) in [5.74, 6) is 0.875. The smallest absolute Gasteiger partial charge is 0.133 e. The average molecular weight is 329 g/mol. The Morgan fingerprint density at radius 2 is 1.89 bits per heavy atom. The summed E-state index contributed by atoms with van der Waals surface area (Å²) in [6, 6.07) is 6.29. The molecular weight excluding hydrogens is 304 g/mol. The molecule has 0 aromatic heterocycles. The van der Waals surface area contributed by atoms with Gasteiger partial charge in [0.05, 0.1) is 11.6 Å². The van der Waals surface area contributed by atoms with Crippen molar-refractivity contribution in [1.82, 2.24) is 10.6 Å². The fraction of sp³-hybridized carbons (Fsp3) is 0.600. The van der Waals surface area contributed by atoms with Crippen molar-refractivity contribution in [2.24, 2.45) is 0 Å². The lowest BCUT2D eigenvalue weighted by Crippen LogP contribution is -2.36. The standard InChI is InChI=1S/C15H25BrN2O/c1-5-17-8-9-18-11-15(2,3)12-6-7-14(19-4)13(16)10-12/h6-7,10,17-18H,5,8-9,11H2,1-4H3. The van der Waals surface area contributed by atoms with Crippen LogP contribution in [0.1, 0.15) is 26.3 Å². The van der Waals surface area contributed by atoms with E-state index < -0.39 is 0 Å². The minimum Gasteiger partial charge on any atom is -0.496 e. The van der Waals surface area contributed by atoms with Gasteiger partial charge in [-0.25, -0.2) is 0 Å². The van der Waals surface area contributed by atoms with E-state index in [0.29, 0.717) is 0 Å². The van der Waals surface area contributed by atoms with Crippen LogP contribution in [0.5, 0.6) is 5.75 Å².